The van der Waals surface area contributed by atoms with Crippen LogP contribution < -0.4 is 5.32 Å². The van der Waals surface area contributed by atoms with Crippen LogP contribution in [0.4, 0.5) is 20.2 Å². The monoisotopic (exact) mass is 370 g/mol. The fourth-order valence-corrected chi connectivity index (χ4v) is 3.01. The minimum atomic E-state index is -0.621. The van der Waals surface area contributed by atoms with E-state index in [2.05, 4.69) is 51.2 Å². The van der Waals surface area contributed by atoms with Crippen molar-refractivity contribution < 1.29 is 8.78 Å². The highest BCUT2D eigenvalue weighted by Crippen LogP contribution is 2.35. The van der Waals surface area contributed by atoms with E-state index >= 15 is 0 Å². The van der Waals surface area contributed by atoms with E-state index in [1.807, 2.05) is 6.92 Å². The highest BCUT2D eigenvalue weighted by atomic mass is 19.1. The molecule has 0 amide bonds. The number of allylic oxidation sites excluding steroid dienone is 2. The maximum Gasteiger partial charge on any atom is 0.149 e. The van der Waals surface area contributed by atoms with Gasteiger partial charge in [-0.1, -0.05) is 52.0 Å². The molecular formula is C23H28F2N2. The maximum absolute atomic E-state index is 13.8. The van der Waals surface area contributed by atoms with Crippen molar-refractivity contribution in [3.63, 3.8) is 0 Å². The second-order valence-corrected chi connectivity index (χ2v) is 7.40. The number of rotatable bonds is 6. The van der Waals surface area contributed by atoms with Crippen LogP contribution in [0.1, 0.15) is 64.5 Å². The molecule has 1 N–H and O–H groups in total. The molecule has 0 aliphatic rings. The highest BCUT2D eigenvalue weighted by Gasteiger charge is 2.13. The summed E-state index contributed by atoms with van der Waals surface area (Å²) in [5.74, 6) is -0.536. The summed E-state index contributed by atoms with van der Waals surface area (Å²) in [6.45, 7) is 12.3. The Morgan fingerprint density at radius 2 is 1.37 bits per heavy atom. The minimum Gasteiger partial charge on any atom is -0.354 e. The molecule has 0 aliphatic heterocycles. The second kappa shape index (κ2) is 8.94. The Bertz CT molecular complexity index is 818. The van der Waals surface area contributed by atoms with Gasteiger partial charge in [-0.05, 0) is 55.0 Å². The number of anilines is 1. The first-order chi connectivity index (χ1) is 12.7. The molecule has 0 spiro atoms. The van der Waals surface area contributed by atoms with Crippen LogP contribution >= 0.6 is 0 Å². The Morgan fingerprint density at radius 3 is 1.85 bits per heavy atom. The van der Waals surface area contributed by atoms with Crippen LogP contribution in [-0.4, -0.2) is 5.71 Å². The fraction of sp³-hybridized carbons (Fsp3) is 0.348. The molecule has 0 aliphatic carbocycles. The Labute approximate surface area is 161 Å². The molecule has 144 valence electrons. The first-order valence-corrected chi connectivity index (χ1v) is 9.28. The van der Waals surface area contributed by atoms with E-state index in [1.165, 1.54) is 29.3 Å². The molecule has 2 rings (SSSR count). The number of nitrogens with one attached hydrogen (secondary N) is 1. The Hall–Kier alpha value is -2.49. The van der Waals surface area contributed by atoms with Crippen molar-refractivity contribution in [2.75, 3.05) is 5.32 Å². The van der Waals surface area contributed by atoms with Crippen molar-refractivity contribution in [3.05, 3.63) is 70.9 Å². The normalized spacial score (nSPS) is 12.8. The molecule has 4 heteroatoms. The van der Waals surface area contributed by atoms with Crippen LogP contribution in [0.25, 0.3) is 0 Å². The number of aliphatic imine (C=N–C) groups is 1. The lowest BCUT2D eigenvalue weighted by atomic mass is 9.93. The molecule has 0 saturated carbocycles. The van der Waals surface area contributed by atoms with Crippen molar-refractivity contribution in [1.29, 1.82) is 0 Å². The number of halogens is 2. The molecule has 2 nitrogen and oxygen atoms in total. The molecule has 0 aromatic heterocycles. The molecule has 0 heterocycles. The molecule has 2 aromatic rings. The van der Waals surface area contributed by atoms with Gasteiger partial charge in [0.2, 0.25) is 0 Å². The van der Waals surface area contributed by atoms with E-state index in [9.17, 15) is 8.78 Å². The molecule has 0 radical (unpaired) electrons. The SMILES string of the molecule is CC(/C=C(/C)Nc1c(F)cccc1F)=Nc1c(C(C)C)cccc1C(C)C. The number of hydrogen-bond acceptors (Lipinski definition) is 2. The van der Waals surface area contributed by atoms with Crippen molar-refractivity contribution >= 4 is 17.1 Å². The molecular weight excluding hydrogens is 342 g/mol. The number of benzene rings is 2. The van der Waals surface area contributed by atoms with Crippen LogP contribution in [0.5, 0.6) is 0 Å². The second-order valence-electron chi connectivity index (χ2n) is 7.40. The van der Waals surface area contributed by atoms with E-state index in [4.69, 9.17) is 4.99 Å². The first kappa shape index (κ1) is 20.8. The zero-order chi connectivity index (χ0) is 20.1. The molecule has 0 unspecified atom stereocenters. The van der Waals surface area contributed by atoms with Crippen LogP contribution in [-0.2, 0) is 0 Å². The summed E-state index contributed by atoms with van der Waals surface area (Å²) in [4.78, 5) is 4.84. The van der Waals surface area contributed by atoms with Gasteiger partial charge in [-0.3, -0.25) is 4.99 Å². The van der Waals surface area contributed by atoms with E-state index in [1.54, 1.807) is 13.0 Å². The third kappa shape index (κ3) is 5.25. The lowest BCUT2D eigenvalue weighted by Crippen LogP contribution is -2.03. The van der Waals surface area contributed by atoms with E-state index in [-0.39, 0.29) is 5.69 Å². The maximum atomic E-state index is 13.8. The third-order valence-corrected chi connectivity index (χ3v) is 4.34. The summed E-state index contributed by atoms with van der Waals surface area (Å²) in [5.41, 5.74) is 4.62. The summed E-state index contributed by atoms with van der Waals surface area (Å²) in [6, 6.07) is 10.1. The summed E-state index contributed by atoms with van der Waals surface area (Å²) >= 11 is 0. The van der Waals surface area contributed by atoms with Gasteiger partial charge in [0.25, 0.3) is 0 Å². The fourth-order valence-electron chi connectivity index (χ4n) is 3.01. The van der Waals surface area contributed by atoms with Gasteiger partial charge < -0.3 is 5.32 Å². The molecule has 2 aromatic carbocycles. The predicted octanol–water partition coefficient (Wildman–Crippen LogP) is 7.32. The number of para-hydroxylation sites is 2. The zero-order valence-electron chi connectivity index (χ0n) is 16.9. The Balaban J connectivity index is 2.38. The van der Waals surface area contributed by atoms with Gasteiger partial charge in [-0.25, -0.2) is 8.78 Å². The summed E-state index contributed by atoms with van der Waals surface area (Å²) < 4.78 is 27.6. The predicted molar refractivity (Wildman–Crippen MR) is 111 cm³/mol. The smallest absolute Gasteiger partial charge is 0.149 e. The summed E-state index contributed by atoms with van der Waals surface area (Å²) in [7, 11) is 0. The van der Waals surface area contributed by atoms with Crippen molar-refractivity contribution in [3.8, 4) is 0 Å². The molecule has 27 heavy (non-hydrogen) atoms. The van der Waals surface area contributed by atoms with Crippen LogP contribution in [0, 0.1) is 11.6 Å². The van der Waals surface area contributed by atoms with Crippen LogP contribution in [0.2, 0.25) is 0 Å². The van der Waals surface area contributed by atoms with Crippen molar-refractivity contribution in [1.82, 2.24) is 0 Å². The van der Waals surface area contributed by atoms with Gasteiger partial charge in [0.1, 0.15) is 17.3 Å². The highest BCUT2D eigenvalue weighted by molar-refractivity contribution is 5.96. The zero-order valence-corrected chi connectivity index (χ0v) is 16.9. The average molecular weight is 370 g/mol. The molecule has 0 bridgehead atoms. The lowest BCUT2D eigenvalue weighted by Gasteiger charge is -2.17. The first-order valence-electron chi connectivity index (χ1n) is 9.28. The van der Waals surface area contributed by atoms with Crippen LogP contribution in [0.3, 0.4) is 0 Å². The van der Waals surface area contributed by atoms with Gasteiger partial charge in [-0.15, -0.1) is 0 Å². The summed E-state index contributed by atoms with van der Waals surface area (Å²) in [5, 5.41) is 2.80. The standard InChI is InChI=1S/C23H28F2N2/c1-14(2)18-9-7-10-19(15(3)4)22(18)26-16(5)13-17(6)27-23-20(24)11-8-12-21(23)25/h7-15,27H,1-6H3/b17-13-,26-16?. The minimum absolute atomic E-state index is 0.149. The number of nitrogens with zero attached hydrogens (tertiary/aromatic N) is 1. The van der Waals surface area contributed by atoms with Crippen molar-refractivity contribution in [2.24, 2.45) is 4.99 Å². The van der Waals surface area contributed by atoms with E-state index < -0.39 is 11.6 Å². The van der Waals surface area contributed by atoms with Gasteiger partial charge in [0.15, 0.2) is 0 Å². The Morgan fingerprint density at radius 1 is 0.889 bits per heavy atom. The molecule has 0 fully saturated rings. The van der Waals surface area contributed by atoms with Gasteiger partial charge in [-0.2, -0.15) is 0 Å². The van der Waals surface area contributed by atoms with Crippen molar-refractivity contribution in [2.45, 2.75) is 53.4 Å². The largest absolute Gasteiger partial charge is 0.354 e. The molecule has 0 saturated heterocycles. The average Bonchev–Trinajstić information content (AvgIpc) is 2.57. The summed E-state index contributed by atoms with van der Waals surface area (Å²) in [6.07, 6.45) is 1.80. The lowest BCUT2D eigenvalue weighted by molar-refractivity contribution is 0.590. The van der Waals surface area contributed by atoms with Gasteiger partial charge in [0.05, 0.1) is 5.69 Å². The topological polar surface area (TPSA) is 24.4 Å². The third-order valence-electron chi connectivity index (χ3n) is 4.34. The number of hydrogen-bond donors (Lipinski definition) is 1. The quantitative estimate of drug-likeness (QED) is 0.529. The Kier molecular flexibility index (Phi) is 6.89. The van der Waals surface area contributed by atoms with E-state index in [0.717, 1.165) is 11.4 Å². The van der Waals surface area contributed by atoms with Gasteiger partial charge >= 0.3 is 0 Å². The van der Waals surface area contributed by atoms with Gasteiger partial charge in [0, 0.05) is 11.4 Å². The van der Waals surface area contributed by atoms with Crippen LogP contribution in [0.15, 0.2) is 53.2 Å². The van der Waals surface area contributed by atoms with E-state index in [0.29, 0.717) is 17.5 Å². The molecule has 0 atom stereocenters.